The van der Waals surface area contributed by atoms with Crippen molar-refractivity contribution < 1.29 is 14.3 Å². The number of anilines is 1. The van der Waals surface area contributed by atoms with Crippen molar-refractivity contribution in [3.8, 4) is 0 Å². The Morgan fingerprint density at radius 3 is 3.11 bits per heavy atom. The van der Waals surface area contributed by atoms with Gasteiger partial charge in [0, 0.05) is 13.1 Å². The van der Waals surface area contributed by atoms with Gasteiger partial charge in [-0.3, -0.25) is 0 Å². The Morgan fingerprint density at radius 1 is 1.58 bits per heavy atom. The molecule has 0 bridgehead atoms. The quantitative estimate of drug-likeness (QED) is 0.919. The van der Waals surface area contributed by atoms with Gasteiger partial charge in [0.2, 0.25) is 0 Å². The number of hydrogen-bond donors (Lipinski definition) is 1. The lowest BCUT2D eigenvalue weighted by molar-refractivity contribution is 0.0697. The molecular weight excluding hydrogens is 244 g/mol. The van der Waals surface area contributed by atoms with Crippen LogP contribution in [0.5, 0.6) is 0 Å². The number of nitrogens with zero attached hydrogens (tertiary/aromatic N) is 2. The van der Waals surface area contributed by atoms with Crippen LogP contribution in [0.3, 0.4) is 0 Å². The number of carboxylic acids is 1. The Hall–Kier alpha value is -2.04. The minimum Gasteiger partial charge on any atom is -0.478 e. The summed E-state index contributed by atoms with van der Waals surface area (Å²) in [5, 5.41) is 8.96. The predicted octanol–water partition coefficient (Wildman–Crippen LogP) is 2.76. The summed E-state index contributed by atoms with van der Waals surface area (Å²) in [5.74, 6) is -0.253. The Labute approximate surface area is 110 Å². The summed E-state index contributed by atoms with van der Waals surface area (Å²) in [6.07, 6.45) is 2.33. The van der Waals surface area contributed by atoms with Gasteiger partial charge in [0.25, 0.3) is 6.01 Å². The molecule has 1 aliphatic rings. The van der Waals surface area contributed by atoms with Crippen molar-refractivity contribution in [2.24, 2.45) is 5.92 Å². The van der Waals surface area contributed by atoms with E-state index in [9.17, 15) is 4.79 Å². The Kier molecular flexibility index (Phi) is 2.89. The first kappa shape index (κ1) is 12.0. The highest BCUT2D eigenvalue weighted by atomic mass is 16.4. The average Bonchev–Trinajstić information content (AvgIpc) is 3.03. The second-order valence-corrected chi connectivity index (χ2v) is 4.99. The molecule has 100 valence electrons. The molecule has 5 heteroatoms. The maximum atomic E-state index is 10.9. The molecule has 1 aliphatic heterocycles. The largest absolute Gasteiger partial charge is 0.478 e. The fraction of sp³-hybridized carbons (Fsp3) is 0.429. The first-order chi connectivity index (χ1) is 9.17. The number of hydrogen-bond acceptors (Lipinski definition) is 4. The van der Waals surface area contributed by atoms with Gasteiger partial charge in [-0.15, -0.1) is 0 Å². The summed E-state index contributed by atoms with van der Waals surface area (Å²) in [7, 11) is 0. The van der Waals surface area contributed by atoms with Crippen molar-refractivity contribution in [2.75, 3.05) is 18.0 Å². The summed E-state index contributed by atoms with van der Waals surface area (Å²) in [4.78, 5) is 17.5. The molecule has 3 rings (SSSR count). The highest BCUT2D eigenvalue weighted by Crippen LogP contribution is 2.28. The van der Waals surface area contributed by atoms with Crippen LogP contribution in [0.25, 0.3) is 11.1 Å². The van der Waals surface area contributed by atoms with Gasteiger partial charge in [0.1, 0.15) is 5.52 Å². The van der Waals surface area contributed by atoms with E-state index in [-0.39, 0.29) is 5.56 Å². The number of benzene rings is 1. The van der Waals surface area contributed by atoms with Crippen molar-refractivity contribution in [2.45, 2.75) is 19.8 Å². The molecule has 1 aromatic heterocycles. The third-order valence-corrected chi connectivity index (χ3v) is 3.76. The summed E-state index contributed by atoms with van der Waals surface area (Å²) >= 11 is 0. The number of fused-ring (bicyclic) bond motifs is 1. The van der Waals surface area contributed by atoms with Gasteiger partial charge in [-0.1, -0.05) is 13.3 Å². The second-order valence-electron chi connectivity index (χ2n) is 4.99. The number of aromatic nitrogens is 1. The van der Waals surface area contributed by atoms with Gasteiger partial charge in [0.05, 0.1) is 5.56 Å². The van der Waals surface area contributed by atoms with Crippen LogP contribution in [-0.4, -0.2) is 29.1 Å². The van der Waals surface area contributed by atoms with Crippen molar-refractivity contribution in [1.82, 2.24) is 4.98 Å². The number of carbonyl (C=O) groups is 1. The predicted molar refractivity (Wildman–Crippen MR) is 71.6 cm³/mol. The van der Waals surface area contributed by atoms with Crippen LogP contribution in [0.15, 0.2) is 22.6 Å². The zero-order valence-electron chi connectivity index (χ0n) is 10.8. The molecule has 1 aromatic carbocycles. The lowest BCUT2D eigenvalue weighted by Gasteiger charge is -2.12. The third-order valence-electron chi connectivity index (χ3n) is 3.76. The molecule has 2 aromatic rings. The summed E-state index contributed by atoms with van der Waals surface area (Å²) in [6.45, 7) is 4.12. The van der Waals surface area contributed by atoms with E-state index in [2.05, 4.69) is 16.8 Å². The summed E-state index contributed by atoms with van der Waals surface area (Å²) in [5.41, 5.74) is 1.47. The molecule has 0 radical (unpaired) electrons. The van der Waals surface area contributed by atoms with E-state index in [0.29, 0.717) is 23.0 Å². The van der Waals surface area contributed by atoms with Crippen LogP contribution in [-0.2, 0) is 0 Å². The second kappa shape index (κ2) is 4.57. The Bertz CT molecular complexity index is 620. The van der Waals surface area contributed by atoms with Crippen molar-refractivity contribution in [3.63, 3.8) is 0 Å². The molecule has 0 spiro atoms. The highest BCUT2D eigenvalue weighted by molar-refractivity contribution is 5.92. The average molecular weight is 260 g/mol. The van der Waals surface area contributed by atoms with Crippen LogP contribution in [0, 0.1) is 5.92 Å². The minimum absolute atomic E-state index is 0.225. The van der Waals surface area contributed by atoms with Gasteiger partial charge in [-0.2, -0.15) is 4.98 Å². The molecule has 2 heterocycles. The topological polar surface area (TPSA) is 66.6 Å². The monoisotopic (exact) mass is 260 g/mol. The zero-order valence-corrected chi connectivity index (χ0v) is 10.8. The molecule has 1 unspecified atom stereocenters. The first-order valence-corrected chi connectivity index (χ1v) is 6.56. The van der Waals surface area contributed by atoms with Gasteiger partial charge >= 0.3 is 5.97 Å². The van der Waals surface area contributed by atoms with Crippen molar-refractivity contribution in [1.29, 1.82) is 0 Å². The van der Waals surface area contributed by atoms with Crippen molar-refractivity contribution in [3.05, 3.63) is 23.8 Å². The van der Waals surface area contributed by atoms with E-state index in [1.54, 1.807) is 12.1 Å². The van der Waals surface area contributed by atoms with Gasteiger partial charge in [0.15, 0.2) is 5.58 Å². The van der Waals surface area contributed by atoms with E-state index in [0.717, 1.165) is 19.5 Å². The molecule has 19 heavy (non-hydrogen) atoms. The Balaban J connectivity index is 1.91. The minimum atomic E-state index is -0.952. The fourth-order valence-electron chi connectivity index (χ4n) is 2.52. The van der Waals surface area contributed by atoms with E-state index in [1.165, 1.54) is 12.5 Å². The molecule has 1 atom stereocenters. The van der Waals surface area contributed by atoms with Crippen molar-refractivity contribution >= 4 is 23.1 Å². The van der Waals surface area contributed by atoms with E-state index < -0.39 is 5.97 Å². The molecule has 1 fully saturated rings. The first-order valence-electron chi connectivity index (χ1n) is 6.56. The fourth-order valence-corrected chi connectivity index (χ4v) is 2.52. The normalized spacial score (nSPS) is 19.2. The molecule has 1 saturated heterocycles. The highest BCUT2D eigenvalue weighted by Gasteiger charge is 2.24. The number of rotatable bonds is 3. The molecular formula is C14H16N2O3. The number of aromatic carboxylic acids is 1. The standard InChI is InChI=1S/C14H16N2O3/c1-2-9-5-6-16(8-9)14-15-11-4-3-10(13(17)18)7-12(11)19-14/h3-4,7,9H,2,5-6,8H2,1H3,(H,17,18). The van der Waals surface area contributed by atoms with Crippen LogP contribution >= 0.6 is 0 Å². The summed E-state index contributed by atoms with van der Waals surface area (Å²) in [6, 6.07) is 5.38. The third kappa shape index (κ3) is 2.16. The molecule has 5 nitrogen and oxygen atoms in total. The van der Waals surface area contributed by atoms with Crippen LogP contribution < -0.4 is 4.90 Å². The maximum Gasteiger partial charge on any atom is 0.335 e. The zero-order chi connectivity index (χ0) is 13.4. The van der Waals surface area contributed by atoms with Gasteiger partial charge in [-0.05, 0) is 30.5 Å². The number of oxazole rings is 1. The van der Waals surface area contributed by atoms with E-state index in [1.807, 2.05) is 0 Å². The lowest BCUT2D eigenvalue weighted by Crippen LogP contribution is -2.19. The van der Waals surface area contributed by atoms with Gasteiger partial charge < -0.3 is 14.4 Å². The maximum absolute atomic E-state index is 10.9. The number of carboxylic acid groups (broad SMARTS) is 1. The lowest BCUT2D eigenvalue weighted by atomic mass is 10.1. The van der Waals surface area contributed by atoms with E-state index >= 15 is 0 Å². The van der Waals surface area contributed by atoms with Gasteiger partial charge in [-0.25, -0.2) is 4.79 Å². The van der Waals surface area contributed by atoms with Crippen LogP contribution in [0.4, 0.5) is 6.01 Å². The molecule has 0 amide bonds. The van der Waals surface area contributed by atoms with Crippen LogP contribution in [0.2, 0.25) is 0 Å². The van der Waals surface area contributed by atoms with E-state index in [4.69, 9.17) is 9.52 Å². The molecule has 0 saturated carbocycles. The summed E-state index contributed by atoms with van der Waals surface area (Å²) < 4.78 is 5.69. The Morgan fingerprint density at radius 2 is 2.42 bits per heavy atom. The van der Waals surface area contributed by atoms with Crippen LogP contribution in [0.1, 0.15) is 30.1 Å². The molecule has 1 N–H and O–H groups in total. The SMILES string of the molecule is CCC1CCN(c2nc3ccc(C(=O)O)cc3o2)C1. The smallest absolute Gasteiger partial charge is 0.335 e. The molecule has 0 aliphatic carbocycles.